The van der Waals surface area contributed by atoms with Gasteiger partial charge in [-0.2, -0.15) is 5.26 Å². The zero-order valence-electron chi connectivity index (χ0n) is 9.56. The fourth-order valence-electron chi connectivity index (χ4n) is 1.24. The molecule has 6 heteroatoms. The minimum atomic E-state index is 0.466. The van der Waals surface area contributed by atoms with Gasteiger partial charge in [-0.05, 0) is 0 Å². The van der Waals surface area contributed by atoms with Crippen molar-refractivity contribution >= 4 is 11.6 Å². The van der Waals surface area contributed by atoms with Gasteiger partial charge < -0.3 is 10.3 Å². The normalized spacial score (nSPS) is 9.62. The highest BCUT2D eigenvalue weighted by Gasteiger charge is 2.06. The van der Waals surface area contributed by atoms with E-state index in [1.165, 1.54) is 0 Å². The molecule has 16 heavy (non-hydrogen) atoms. The van der Waals surface area contributed by atoms with Gasteiger partial charge in [0.25, 0.3) is 0 Å². The number of hydrogen-bond donors (Lipinski definition) is 2. The van der Waals surface area contributed by atoms with Gasteiger partial charge in [-0.1, -0.05) is 6.92 Å². The second kappa shape index (κ2) is 5.88. The fourth-order valence-corrected chi connectivity index (χ4v) is 1.24. The molecule has 0 aliphatic rings. The van der Waals surface area contributed by atoms with Crippen molar-refractivity contribution in [2.45, 2.75) is 19.8 Å². The van der Waals surface area contributed by atoms with Gasteiger partial charge in [0.1, 0.15) is 17.5 Å². The van der Waals surface area contributed by atoms with Crippen molar-refractivity contribution in [2.24, 2.45) is 5.84 Å². The van der Waals surface area contributed by atoms with Crippen LogP contribution in [0.5, 0.6) is 0 Å². The van der Waals surface area contributed by atoms with E-state index in [2.05, 4.69) is 21.5 Å². The van der Waals surface area contributed by atoms with E-state index >= 15 is 0 Å². The molecule has 0 aliphatic heterocycles. The molecule has 0 bridgehead atoms. The van der Waals surface area contributed by atoms with Crippen LogP contribution < -0.4 is 16.2 Å². The van der Waals surface area contributed by atoms with Crippen LogP contribution in [0.2, 0.25) is 0 Å². The number of aromatic nitrogens is 2. The summed E-state index contributed by atoms with van der Waals surface area (Å²) in [5.74, 6) is 7.42. The van der Waals surface area contributed by atoms with E-state index in [0.29, 0.717) is 18.8 Å². The number of rotatable bonds is 5. The SMILES string of the molecule is CCc1nc(NN)cc(N(C)CCC#N)n1. The molecule has 0 radical (unpaired) electrons. The van der Waals surface area contributed by atoms with E-state index in [1.54, 1.807) is 6.07 Å². The fraction of sp³-hybridized carbons (Fsp3) is 0.500. The van der Waals surface area contributed by atoms with Crippen LogP contribution in [0.25, 0.3) is 0 Å². The third-order valence-corrected chi connectivity index (χ3v) is 2.17. The molecule has 0 saturated heterocycles. The molecule has 0 aromatic carbocycles. The second-order valence-electron chi connectivity index (χ2n) is 3.36. The number of hydrogen-bond acceptors (Lipinski definition) is 6. The molecule has 0 fully saturated rings. The minimum Gasteiger partial charge on any atom is -0.358 e. The molecule has 86 valence electrons. The molecule has 1 aromatic heterocycles. The number of hydrazine groups is 1. The highest BCUT2D eigenvalue weighted by molar-refractivity contribution is 5.48. The van der Waals surface area contributed by atoms with Crippen LogP contribution in [0.1, 0.15) is 19.2 Å². The van der Waals surface area contributed by atoms with E-state index in [-0.39, 0.29) is 0 Å². The van der Waals surface area contributed by atoms with Gasteiger partial charge in [0.05, 0.1) is 12.5 Å². The zero-order valence-corrected chi connectivity index (χ0v) is 9.56. The Morgan fingerprint density at radius 2 is 2.31 bits per heavy atom. The van der Waals surface area contributed by atoms with Crippen molar-refractivity contribution in [3.05, 3.63) is 11.9 Å². The number of nitrogens with one attached hydrogen (secondary N) is 1. The average molecular weight is 220 g/mol. The first-order valence-corrected chi connectivity index (χ1v) is 5.14. The topological polar surface area (TPSA) is 90.9 Å². The van der Waals surface area contributed by atoms with Crippen molar-refractivity contribution in [2.75, 3.05) is 23.9 Å². The summed E-state index contributed by atoms with van der Waals surface area (Å²) in [5, 5.41) is 8.52. The van der Waals surface area contributed by atoms with Crippen molar-refractivity contribution in [1.29, 1.82) is 5.26 Å². The quantitative estimate of drug-likeness (QED) is 0.560. The van der Waals surface area contributed by atoms with Crippen molar-refractivity contribution in [3.8, 4) is 6.07 Å². The summed E-state index contributed by atoms with van der Waals surface area (Å²) in [4.78, 5) is 10.5. The number of nitrogens with two attached hydrogens (primary N) is 1. The van der Waals surface area contributed by atoms with Gasteiger partial charge in [0.15, 0.2) is 0 Å². The zero-order chi connectivity index (χ0) is 12.0. The lowest BCUT2D eigenvalue weighted by Gasteiger charge is -2.17. The highest BCUT2D eigenvalue weighted by atomic mass is 15.3. The minimum absolute atomic E-state index is 0.466. The lowest BCUT2D eigenvalue weighted by Crippen LogP contribution is -2.21. The van der Waals surface area contributed by atoms with E-state index < -0.39 is 0 Å². The lowest BCUT2D eigenvalue weighted by molar-refractivity contribution is 0.853. The monoisotopic (exact) mass is 220 g/mol. The Labute approximate surface area is 95.1 Å². The molecule has 1 heterocycles. The van der Waals surface area contributed by atoms with Gasteiger partial charge in [0.2, 0.25) is 0 Å². The molecule has 0 aliphatic carbocycles. The number of anilines is 2. The highest BCUT2D eigenvalue weighted by Crippen LogP contribution is 2.14. The maximum absolute atomic E-state index is 8.52. The van der Waals surface area contributed by atoms with Crippen molar-refractivity contribution in [3.63, 3.8) is 0 Å². The summed E-state index contributed by atoms with van der Waals surface area (Å²) in [6.45, 7) is 2.62. The van der Waals surface area contributed by atoms with Gasteiger partial charge in [-0.25, -0.2) is 15.8 Å². The summed E-state index contributed by atoms with van der Waals surface area (Å²) >= 11 is 0. The number of nitrogens with zero attached hydrogens (tertiary/aromatic N) is 4. The van der Waals surface area contributed by atoms with Crippen LogP contribution in [0, 0.1) is 11.3 Å². The van der Waals surface area contributed by atoms with Gasteiger partial charge in [0, 0.05) is 26.1 Å². The van der Waals surface area contributed by atoms with Crippen LogP contribution in [0.15, 0.2) is 6.07 Å². The first kappa shape index (κ1) is 12.2. The molecule has 1 rings (SSSR count). The van der Waals surface area contributed by atoms with E-state index in [0.717, 1.165) is 18.1 Å². The molecule has 0 saturated carbocycles. The van der Waals surface area contributed by atoms with E-state index in [4.69, 9.17) is 11.1 Å². The first-order chi connectivity index (χ1) is 7.71. The largest absolute Gasteiger partial charge is 0.358 e. The maximum Gasteiger partial charge on any atom is 0.145 e. The van der Waals surface area contributed by atoms with Gasteiger partial charge >= 0.3 is 0 Å². The summed E-state index contributed by atoms with van der Waals surface area (Å²) in [7, 11) is 1.89. The molecule has 0 amide bonds. The molecule has 6 nitrogen and oxygen atoms in total. The predicted octanol–water partition coefficient (Wildman–Crippen LogP) is 0.674. The Kier molecular flexibility index (Phi) is 4.48. The summed E-state index contributed by atoms with van der Waals surface area (Å²) in [6.07, 6.45) is 1.21. The molecular weight excluding hydrogens is 204 g/mol. The molecular formula is C10H16N6. The maximum atomic E-state index is 8.52. The Balaban J connectivity index is 2.90. The molecule has 0 unspecified atom stereocenters. The number of aryl methyl sites for hydroxylation is 1. The standard InChI is InChI=1S/C10H16N6/c1-3-8-13-9(15-12)7-10(14-8)16(2)6-4-5-11/h7H,3-4,6,12H2,1-2H3,(H,13,14,15). The molecule has 0 spiro atoms. The molecule has 0 atom stereocenters. The van der Waals surface area contributed by atoms with Crippen LogP contribution in [-0.2, 0) is 6.42 Å². The van der Waals surface area contributed by atoms with Crippen molar-refractivity contribution in [1.82, 2.24) is 9.97 Å². The van der Waals surface area contributed by atoms with Crippen molar-refractivity contribution < 1.29 is 0 Å². The Morgan fingerprint density at radius 1 is 1.56 bits per heavy atom. The van der Waals surface area contributed by atoms with Gasteiger partial charge in [-0.3, -0.25) is 0 Å². The van der Waals surface area contributed by atoms with Crippen LogP contribution >= 0.6 is 0 Å². The van der Waals surface area contributed by atoms with Crippen LogP contribution in [-0.4, -0.2) is 23.6 Å². The Morgan fingerprint density at radius 3 is 2.88 bits per heavy atom. The van der Waals surface area contributed by atoms with Gasteiger partial charge in [-0.15, -0.1) is 0 Å². The number of nitriles is 1. The summed E-state index contributed by atoms with van der Waals surface area (Å²) in [5.41, 5.74) is 2.51. The van der Waals surface area contributed by atoms with Crippen LogP contribution in [0.3, 0.4) is 0 Å². The Bertz CT molecular complexity index is 361. The summed E-state index contributed by atoms with van der Waals surface area (Å²) in [6, 6.07) is 3.86. The summed E-state index contributed by atoms with van der Waals surface area (Å²) < 4.78 is 0. The smallest absolute Gasteiger partial charge is 0.145 e. The first-order valence-electron chi connectivity index (χ1n) is 5.14. The number of nitrogen functional groups attached to an aromatic ring is 1. The molecule has 3 N–H and O–H groups in total. The lowest BCUT2D eigenvalue weighted by atomic mass is 10.4. The molecule has 1 aromatic rings. The Hall–Kier alpha value is -1.87. The van der Waals surface area contributed by atoms with Crippen LogP contribution in [0.4, 0.5) is 11.6 Å². The predicted molar refractivity (Wildman–Crippen MR) is 62.7 cm³/mol. The third kappa shape index (κ3) is 3.07. The second-order valence-corrected chi connectivity index (χ2v) is 3.36. The third-order valence-electron chi connectivity index (χ3n) is 2.17. The van der Waals surface area contributed by atoms with E-state index in [9.17, 15) is 0 Å². The average Bonchev–Trinajstić information content (AvgIpc) is 2.35. The van der Waals surface area contributed by atoms with E-state index in [1.807, 2.05) is 18.9 Å².